The SMILES string of the molecule is CC(=O)OCC1(C(=O)OCc2ccccc2)CS[C@@H]2C(NC(=O)c3ccccc3)C(=O)N2C1. The summed E-state index contributed by atoms with van der Waals surface area (Å²) in [5.41, 5.74) is 0.128. The minimum Gasteiger partial charge on any atom is -0.465 e. The predicted octanol–water partition coefficient (Wildman–Crippen LogP) is 1.99. The number of hydrogen-bond acceptors (Lipinski definition) is 7. The zero-order chi connectivity index (χ0) is 23.4. The van der Waals surface area contributed by atoms with Gasteiger partial charge in [0.15, 0.2) is 0 Å². The van der Waals surface area contributed by atoms with Crippen LogP contribution >= 0.6 is 11.8 Å². The highest BCUT2D eigenvalue weighted by Crippen LogP contribution is 2.43. The van der Waals surface area contributed by atoms with E-state index >= 15 is 0 Å². The molecule has 0 saturated carbocycles. The van der Waals surface area contributed by atoms with Crippen LogP contribution in [0.25, 0.3) is 0 Å². The number of nitrogens with zero attached hydrogens (tertiary/aromatic N) is 1. The number of nitrogens with one attached hydrogen (secondary N) is 1. The first kappa shape index (κ1) is 22.8. The second-order valence-electron chi connectivity index (χ2n) is 8.11. The number of fused-ring (bicyclic) bond motifs is 1. The second-order valence-corrected chi connectivity index (χ2v) is 9.21. The van der Waals surface area contributed by atoms with Gasteiger partial charge in [0, 0.05) is 24.8 Å². The highest BCUT2D eigenvalue weighted by atomic mass is 32.2. The molecule has 1 N–H and O–H groups in total. The van der Waals surface area contributed by atoms with Gasteiger partial charge in [-0.3, -0.25) is 19.2 Å². The smallest absolute Gasteiger partial charge is 0.318 e. The molecule has 2 unspecified atom stereocenters. The molecule has 172 valence electrons. The number of thioether (sulfide) groups is 1. The summed E-state index contributed by atoms with van der Waals surface area (Å²) in [6, 6.07) is 17.3. The number of rotatable bonds is 7. The fraction of sp³-hybridized carbons (Fsp3) is 0.333. The molecule has 8 nitrogen and oxygen atoms in total. The molecule has 9 heteroatoms. The van der Waals surface area contributed by atoms with E-state index in [1.165, 1.54) is 23.6 Å². The van der Waals surface area contributed by atoms with Gasteiger partial charge in [0.2, 0.25) is 5.91 Å². The first-order valence-corrected chi connectivity index (χ1v) is 11.6. The maximum Gasteiger partial charge on any atom is 0.318 e. The number of β-lactam (4-membered cyclic amide) rings is 1. The number of carbonyl (C=O) groups excluding carboxylic acids is 4. The highest BCUT2D eigenvalue weighted by molar-refractivity contribution is 8.00. The standard InChI is InChI=1S/C24H24N2O6S/c1-16(27)32-14-24(23(30)31-12-17-8-4-2-5-9-17)13-26-21(29)19(22(26)33-15-24)25-20(28)18-10-6-3-7-11-18/h2-11,19,22H,12-15H2,1H3,(H,25,28)/t19?,22-,24?/m1/s1. The molecule has 0 spiro atoms. The van der Waals surface area contributed by atoms with Crippen LogP contribution in [-0.4, -0.2) is 59.0 Å². The summed E-state index contributed by atoms with van der Waals surface area (Å²) in [6.45, 7) is 1.23. The molecule has 2 saturated heterocycles. The molecular formula is C24H24N2O6S. The minimum atomic E-state index is -1.17. The van der Waals surface area contributed by atoms with Crippen molar-refractivity contribution in [3.63, 3.8) is 0 Å². The topological polar surface area (TPSA) is 102 Å². The predicted molar refractivity (Wildman–Crippen MR) is 121 cm³/mol. The lowest BCUT2D eigenvalue weighted by molar-refractivity contribution is -0.169. The van der Waals surface area contributed by atoms with Crippen molar-refractivity contribution in [2.75, 3.05) is 18.9 Å². The number of amides is 2. The Labute approximate surface area is 195 Å². The molecule has 2 amide bonds. The Hall–Kier alpha value is -3.33. The zero-order valence-corrected chi connectivity index (χ0v) is 18.9. The van der Waals surface area contributed by atoms with Crippen molar-refractivity contribution in [1.82, 2.24) is 10.2 Å². The van der Waals surface area contributed by atoms with Crippen LogP contribution in [-0.2, 0) is 30.5 Å². The molecule has 2 aliphatic rings. The molecule has 2 aromatic rings. The van der Waals surface area contributed by atoms with E-state index in [4.69, 9.17) is 9.47 Å². The van der Waals surface area contributed by atoms with Crippen molar-refractivity contribution in [3.8, 4) is 0 Å². The Balaban J connectivity index is 1.43. The van der Waals surface area contributed by atoms with Gasteiger partial charge in [-0.2, -0.15) is 0 Å². The second kappa shape index (κ2) is 9.66. The van der Waals surface area contributed by atoms with Crippen molar-refractivity contribution in [1.29, 1.82) is 0 Å². The van der Waals surface area contributed by atoms with E-state index in [1.54, 1.807) is 24.3 Å². The number of esters is 2. The molecule has 0 radical (unpaired) electrons. The van der Waals surface area contributed by atoms with E-state index in [9.17, 15) is 19.2 Å². The van der Waals surface area contributed by atoms with Gasteiger partial charge in [-0.05, 0) is 17.7 Å². The van der Waals surface area contributed by atoms with Gasteiger partial charge in [-0.1, -0.05) is 48.5 Å². The monoisotopic (exact) mass is 468 g/mol. The van der Waals surface area contributed by atoms with Crippen LogP contribution in [0.4, 0.5) is 0 Å². The Morgan fingerprint density at radius 1 is 1.06 bits per heavy atom. The summed E-state index contributed by atoms with van der Waals surface area (Å²) in [7, 11) is 0. The van der Waals surface area contributed by atoms with Gasteiger partial charge in [-0.25, -0.2) is 0 Å². The normalized spacial score (nSPS) is 23.7. The third-order valence-electron chi connectivity index (χ3n) is 5.66. The van der Waals surface area contributed by atoms with Gasteiger partial charge in [-0.15, -0.1) is 11.8 Å². The van der Waals surface area contributed by atoms with Crippen molar-refractivity contribution in [2.45, 2.75) is 24.9 Å². The van der Waals surface area contributed by atoms with Gasteiger partial charge in [0.1, 0.15) is 30.0 Å². The van der Waals surface area contributed by atoms with E-state index in [1.807, 2.05) is 36.4 Å². The number of benzene rings is 2. The van der Waals surface area contributed by atoms with E-state index in [0.717, 1.165) is 5.56 Å². The molecule has 33 heavy (non-hydrogen) atoms. The third kappa shape index (κ3) is 4.88. The van der Waals surface area contributed by atoms with Crippen LogP contribution in [0.1, 0.15) is 22.8 Å². The van der Waals surface area contributed by atoms with Crippen LogP contribution in [0.15, 0.2) is 60.7 Å². The lowest BCUT2D eigenvalue weighted by Gasteiger charge is -2.53. The van der Waals surface area contributed by atoms with Crippen molar-refractivity contribution < 1.29 is 28.7 Å². The molecule has 2 aromatic carbocycles. The zero-order valence-electron chi connectivity index (χ0n) is 18.1. The molecule has 3 atom stereocenters. The van der Waals surface area contributed by atoms with Crippen LogP contribution in [0, 0.1) is 5.41 Å². The fourth-order valence-electron chi connectivity index (χ4n) is 3.83. The van der Waals surface area contributed by atoms with Crippen molar-refractivity contribution in [3.05, 3.63) is 71.8 Å². The molecule has 2 fully saturated rings. The number of hydrogen-bond donors (Lipinski definition) is 1. The highest BCUT2D eigenvalue weighted by Gasteiger charge is 2.58. The number of ether oxygens (including phenoxy) is 2. The summed E-state index contributed by atoms with van der Waals surface area (Å²) < 4.78 is 10.7. The molecule has 2 heterocycles. The summed E-state index contributed by atoms with van der Waals surface area (Å²) in [5.74, 6) is -1.35. The first-order valence-electron chi connectivity index (χ1n) is 10.5. The van der Waals surface area contributed by atoms with Crippen LogP contribution in [0.3, 0.4) is 0 Å². The Morgan fingerprint density at radius 2 is 1.73 bits per heavy atom. The Bertz CT molecular complexity index is 1050. The fourth-order valence-corrected chi connectivity index (χ4v) is 5.34. The quantitative estimate of drug-likeness (QED) is 0.490. The maximum atomic E-state index is 13.1. The summed E-state index contributed by atoms with van der Waals surface area (Å²) in [4.78, 5) is 51.4. The summed E-state index contributed by atoms with van der Waals surface area (Å²) >= 11 is 1.37. The minimum absolute atomic E-state index is 0.0576. The molecule has 2 aliphatic heterocycles. The lowest BCUT2D eigenvalue weighted by Crippen LogP contribution is -2.74. The summed E-state index contributed by atoms with van der Waals surface area (Å²) in [6.07, 6.45) is 0. The van der Waals surface area contributed by atoms with Crippen LogP contribution in [0.5, 0.6) is 0 Å². The third-order valence-corrected chi connectivity index (χ3v) is 7.25. The lowest BCUT2D eigenvalue weighted by atomic mass is 9.87. The maximum absolute atomic E-state index is 13.1. The average Bonchev–Trinajstić information content (AvgIpc) is 2.85. The van der Waals surface area contributed by atoms with Gasteiger partial charge >= 0.3 is 11.9 Å². The van der Waals surface area contributed by atoms with Gasteiger partial charge in [0.25, 0.3) is 5.91 Å². The molecule has 0 aromatic heterocycles. The molecule has 0 aliphatic carbocycles. The van der Waals surface area contributed by atoms with E-state index in [-0.39, 0.29) is 36.9 Å². The molecule has 4 rings (SSSR count). The number of carbonyl (C=O) groups is 4. The first-order chi connectivity index (χ1) is 15.9. The van der Waals surface area contributed by atoms with Gasteiger partial charge < -0.3 is 19.7 Å². The van der Waals surface area contributed by atoms with Crippen molar-refractivity contribution in [2.24, 2.45) is 5.41 Å². The van der Waals surface area contributed by atoms with E-state index in [0.29, 0.717) is 11.3 Å². The van der Waals surface area contributed by atoms with Crippen LogP contribution in [0.2, 0.25) is 0 Å². The molecular weight excluding hydrogens is 444 g/mol. The largest absolute Gasteiger partial charge is 0.465 e. The van der Waals surface area contributed by atoms with Gasteiger partial charge in [0.05, 0.1) is 0 Å². The average molecular weight is 469 g/mol. The van der Waals surface area contributed by atoms with Crippen LogP contribution < -0.4 is 5.32 Å². The Kier molecular flexibility index (Phi) is 6.69. The van der Waals surface area contributed by atoms with E-state index in [2.05, 4.69) is 5.32 Å². The Morgan fingerprint density at radius 3 is 2.39 bits per heavy atom. The summed E-state index contributed by atoms with van der Waals surface area (Å²) in [5, 5.41) is 2.49. The van der Waals surface area contributed by atoms with Crippen molar-refractivity contribution >= 4 is 35.5 Å². The molecule has 0 bridgehead atoms. The van der Waals surface area contributed by atoms with E-state index < -0.39 is 23.4 Å².